The Hall–Kier alpha value is -1.32. The second kappa shape index (κ2) is 1.89. The Kier molecular flexibility index (Phi) is 1.22. The maximum absolute atomic E-state index is 10.4. The lowest BCUT2D eigenvalue weighted by Gasteiger charge is -2.06. The van der Waals surface area contributed by atoms with E-state index in [1.54, 1.807) is 0 Å². The number of nitrogens with two attached hydrogens (primary N) is 1. The van der Waals surface area contributed by atoms with Gasteiger partial charge in [0.25, 0.3) is 5.91 Å². The first kappa shape index (κ1) is 5.81. The fourth-order valence-corrected chi connectivity index (χ4v) is 0.623. The molecule has 0 atom stereocenters. The summed E-state index contributed by atoms with van der Waals surface area (Å²) in [6.45, 7) is 0. The van der Waals surface area contributed by atoms with Crippen LogP contribution in [0.3, 0.4) is 0 Å². The summed E-state index contributed by atoms with van der Waals surface area (Å²) in [6, 6.07) is 0. The molecule has 48 valence electrons. The minimum Gasteiger partial charge on any atom is -0.401 e. The molecule has 0 saturated carbocycles. The lowest BCUT2D eigenvalue weighted by molar-refractivity contribution is -0.128. The highest BCUT2D eigenvalue weighted by molar-refractivity contribution is 6.04. The van der Waals surface area contributed by atoms with Crippen molar-refractivity contribution in [3.8, 4) is 0 Å². The first-order chi connectivity index (χ1) is 4.18. The normalized spacial score (nSPS) is 18.9. The first-order valence-corrected chi connectivity index (χ1v) is 2.48. The zero-order valence-corrected chi connectivity index (χ0v) is 4.68. The molecule has 1 aliphatic heterocycles. The molecule has 0 aromatic carbocycles. The van der Waals surface area contributed by atoms with E-state index in [4.69, 9.17) is 5.73 Å². The largest absolute Gasteiger partial charge is 0.401 e. The number of rotatable bonds is 0. The molecule has 0 aliphatic carbocycles. The Morgan fingerprint density at radius 1 is 1.56 bits per heavy atom. The van der Waals surface area contributed by atoms with Crippen LogP contribution in [0.1, 0.15) is 6.42 Å². The highest BCUT2D eigenvalue weighted by Crippen LogP contribution is 1.96. The van der Waals surface area contributed by atoms with Gasteiger partial charge < -0.3 is 5.73 Å². The first-order valence-electron chi connectivity index (χ1n) is 2.48. The number of amides is 2. The number of hydrogen-bond donors (Lipinski definition) is 2. The van der Waals surface area contributed by atoms with Gasteiger partial charge in [-0.2, -0.15) is 0 Å². The van der Waals surface area contributed by atoms with Crippen LogP contribution < -0.4 is 11.1 Å². The van der Waals surface area contributed by atoms with Crippen LogP contribution >= 0.6 is 0 Å². The van der Waals surface area contributed by atoms with Crippen LogP contribution in [0.4, 0.5) is 0 Å². The average molecular weight is 126 g/mol. The molecule has 0 aromatic rings. The van der Waals surface area contributed by atoms with E-state index in [1.807, 2.05) is 0 Å². The van der Waals surface area contributed by atoms with Crippen molar-refractivity contribution in [1.82, 2.24) is 5.32 Å². The fraction of sp³-hybridized carbons (Fsp3) is 0.200. The second-order valence-electron chi connectivity index (χ2n) is 1.81. The zero-order valence-electron chi connectivity index (χ0n) is 4.68. The van der Waals surface area contributed by atoms with Gasteiger partial charge in [0.1, 0.15) is 0 Å². The molecule has 1 aliphatic rings. The van der Waals surface area contributed by atoms with Gasteiger partial charge in [-0.25, -0.2) is 0 Å². The number of nitrogens with one attached hydrogen (secondary N) is 1. The number of imide groups is 1. The third kappa shape index (κ3) is 1.28. The van der Waals surface area contributed by atoms with Gasteiger partial charge in [-0.05, 0) is 0 Å². The average Bonchev–Trinajstić information content (AvgIpc) is 1.59. The van der Waals surface area contributed by atoms with Gasteiger partial charge in [-0.1, -0.05) is 0 Å². The molecule has 0 unspecified atom stereocenters. The number of carbonyl (C=O) groups excluding carboxylic acids is 2. The van der Waals surface area contributed by atoms with Crippen molar-refractivity contribution in [1.29, 1.82) is 0 Å². The minimum atomic E-state index is -0.427. The quantitative estimate of drug-likeness (QED) is 0.403. The van der Waals surface area contributed by atoms with Crippen LogP contribution in [0, 0.1) is 0 Å². The molecule has 0 fully saturated rings. The Labute approximate surface area is 51.7 Å². The summed E-state index contributed by atoms with van der Waals surface area (Å²) in [7, 11) is 0. The SMILES string of the molecule is NC1=CC(=O)NC(=O)C1. The standard InChI is InChI=1S/C5H6N2O2/c6-3-1-4(8)7-5(9)2-3/h1H,2,6H2,(H,7,8,9). The van der Waals surface area contributed by atoms with Crippen LogP contribution in [0.2, 0.25) is 0 Å². The summed E-state index contributed by atoms with van der Waals surface area (Å²) in [6.07, 6.45) is 1.34. The molecular formula is C5H6N2O2. The van der Waals surface area contributed by atoms with E-state index in [9.17, 15) is 9.59 Å². The predicted molar refractivity (Wildman–Crippen MR) is 30.0 cm³/mol. The van der Waals surface area contributed by atoms with Crippen molar-refractivity contribution in [2.24, 2.45) is 5.73 Å². The molecule has 3 N–H and O–H groups in total. The van der Waals surface area contributed by atoms with E-state index in [0.29, 0.717) is 5.70 Å². The maximum atomic E-state index is 10.4. The Morgan fingerprint density at radius 2 is 2.22 bits per heavy atom. The van der Waals surface area contributed by atoms with E-state index in [1.165, 1.54) is 6.08 Å². The molecule has 0 radical (unpaired) electrons. The molecule has 4 heteroatoms. The van der Waals surface area contributed by atoms with Gasteiger partial charge in [-0.15, -0.1) is 0 Å². The third-order valence-electron chi connectivity index (χ3n) is 0.944. The van der Waals surface area contributed by atoms with E-state index < -0.39 is 5.91 Å². The van der Waals surface area contributed by atoms with Gasteiger partial charge in [0, 0.05) is 11.8 Å². The molecule has 0 spiro atoms. The van der Waals surface area contributed by atoms with Crippen LogP contribution in [0.15, 0.2) is 11.8 Å². The molecule has 0 aromatic heterocycles. The molecule has 1 rings (SSSR count). The molecule has 0 bridgehead atoms. The van der Waals surface area contributed by atoms with Gasteiger partial charge in [0.05, 0.1) is 6.42 Å². The van der Waals surface area contributed by atoms with Crippen molar-refractivity contribution in [2.75, 3.05) is 0 Å². The second-order valence-corrected chi connectivity index (χ2v) is 1.81. The van der Waals surface area contributed by atoms with Crippen LogP contribution in [-0.4, -0.2) is 11.8 Å². The third-order valence-corrected chi connectivity index (χ3v) is 0.944. The number of carbonyl (C=O) groups is 2. The van der Waals surface area contributed by atoms with Crippen molar-refractivity contribution in [3.63, 3.8) is 0 Å². The summed E-state index contributed by atoms with van der Waals surface area (Å²) in [5.74, 6) is -0.760. The van der Waals surface area contributed by atoms with Gasteiger partial charge >= 0.3 is 0 Å². The summed E-state index contributed by atoms with van der Waals surface area (Å²) in [4.78, 5) is 20.8. The van der Waals surface area contributed by atoms with E-state index in [2.05, 4.69) is 5.32 Å². The topological polar surface area (TPSA) is 72.2 Å². The van der Waals surface area contributed by atoms with E-state index >= 15 is 0 Å². The summed E-state index contributed by atoms with van der Waals surface area (Å²) in [5.41, 5.74) is 5.52. The summed E-state index contributed by atoms with van der Waals surface area (Å²) in [5, 5.41) is 2.08. The molecule has 4 nitrogen and oxygen atoms in total. The van der Waals surface area contributed by atoms with Gasteiger partial charge in [0.15, 0.2) is 0 Å². The van der Waals surface area contributed by atoms with Crippen LogP contribution in [0.5, 0.6) is 0 Å². The maximum Gasteiger partial charge on any atom is 0.252 e. The molecule has 9 heavy (non-hydrogen) atoms. The van der Waals surface area contributed by atoms with E-state index in [-0.39, 0.29) is 12.3 Å². The Balaban J connectivity index is 2.79. The van der Waals surface area contributed by atoms with Crippen LogP contribution in [-0.2, 0) is 9.59 Å². The van der Waals surface area contributed by atoms with Crippen LogP contribution in [0.25, 0.3) is 0 Å². The number of hydrogen-bond acceptors (Lipinski definition) is 3. The molecule has 2 amide bonds. The predicted octanol–water partition coefficient (Wildman–Crippen LogP) is -1.12. The van der Waals surface area contributed by atoms with Crippen molar-refractivity contribution < 1.29 is 9.59 Å². The summed E-state index contributed by atoms with van der Waals surface area (Å²) >= 11 is 0. The summed E-state index contributed by atoms with van der Waals surface area (Å²) < 4.78 is 0. The highest BCUT2D eigenvalue weighted by atomic mass is 16.2. The lowest BCUT2D eigenvalue weighted by atomic mass is 10.2. The molecular weight excluding hydrogens is 120 g/mol. The zero-order chi connectivity index (χ0) is 6.85. The smallest absolute Gasteiger partial charge is 0.252 e. The van der Waals surface area contributed by atoms with Crippen molar-refractivity contribution in [3.05, 3.63) is 11.8 Å². The van der Waals surface area contributed by atoms with Gasteiger partial charge in [0.2, 0.25) is 5.91 Å². The monoisotopic (exact) mass is 126 g/mol. The Bertz CT molecular complexity index is 195. The molecule has 0 saturated heterocycles. The Morgan fingerprint density at radius 3 is 2.67 bits per heavy atom. The highest BCUT2D eigenvalue weighted by Gasteiger charge is 2.12. The van der Waals surface area contributed by atoms with Crippen molar-refractivity contribution >= 4 is 11.8 Å². The lowest BCUT2D eigenvalue weighted by Crippen LogP contribution is -2.34. The van der Waals surface area contributed by atoms with Gasteiger partial charge in [-0.3, -0.25) is 14.9 Å². The van der Waals surface area contributed by atoms with E-state index in [0.717, 1.165) is 0 Å². The minimum absolute atomic E-state index is 0.131. The van der Waals surface area contributed by atoms with Crippen molar-refractivity contribution in [2.45, 2.75) is 6.42 Å². The fourth-order valence-electron chi connectivity index (χ4n) is 0.623. The molecule has 1 heterocycles.